The molecule has 2 aliphatic heterocycles. The van der Waals surface area contributed by atoms with Gasteiger partial charge in [-0.15, -0.1) is 0 Å². The third-order valence-corrected chi connectivity index (χ3v) is 6.54. The summed E-state index contributed by atoms with van der Waals surface area (Å²) >= 11 is 0. The van der Waals surface area contributed by atoms with Crippen LogP contribution in [0.25, 0.3) is 0 Å². The van der Waals surface area contributed by atoms with E-state index < -0.39 is 0 Å². The number of carbonyl (C=O) groups is 1. The van der Waals surface area contributed by atoms with Gasteiger partial charge in [-0.25, -0.2) is 0 Å². The lowest BCUT2D eigenvalue weighted by molar-refractivity contribution is -0.384. The average molecular weight is 371 g/mol. The molecule has 1 aromatic rings. The van der Waals surface area contributed by atoms with Crippen LogP contribution >= 0.6 is 0 Å². The van der Waals surface area contributed by atoms with Gasteiger partial charge in [0, 0.05) is 37.3 Å². The van der Waals surface area contributed by atoms with Gasteiger partial charge in [0.2, 0.25) is 0 Å². The number of amides is 1. The number of nitro benzene ring substituents is 1. The molecule has 1 saturated carbocycles. The number of hydrogen-bond donors (Lipinski definition) is 0. The smallest absolute Gasteiger partial charge is 0.293 e. The molecule has 6 nitrogen and oxygen atoms in total. The second kappa shape index (κ2) is 6.21. The van der Waals surface area contributed by atoms with Crippen molar-refractivity contribution in [2.75, 3.05) is 24.5 Å². The van der Waals surface area contributed by atoms with Gasteiger partial charge >= 0.3 is 0 Å². The first-order valence-electron chi connectivity index (χ1n) is 10.0. The second-order valence-electron chi connectivity index (χ2n) is 9.80. The van der Waals surface area contributed by atoms with Crippen LogP contribution in [0.2, 0.25) is 0 Å². The summed E-state index contributed by atoms with van der Waals surface area (Å²) < 4.78 is 0. The van der Waals surface area contributed by atoms with Crippen LogP contribution in [0.5, 0.6) is 0 Å². The highest BCUT2D eigenvalue weighted by Gasteiger charge is 2.51. The summed E-state index contributed by atoms with van der Waals surface area (Å²) in [6, 6.07) is 5.28. The van der Waals surface area contributed by atoms with E-state index in [1.807, 2.05) is 4.90 Å². The number of nitrogens with zero attached hydrogens (tertiary/aromatic N) is 3. The fourth-order valence-corrected chi connectivity index (χ4v) is 5.89. The van der Waals surface area contributed by atoms with Gasteiger partial charge in [-0.2, -0.15) is 0 Å². The number of benzene rings is 1. The Labute approximate surface area is 160 Å². The lowest BCUT2D eigenvalue weighted by atomic mass is 9.65. The van der Waals surface area contributed by atoms with Crippen molar-refractivity contribution in [3.8, 4) is 0 Å². The molecule has 2 saturated heterocycles. The zero-order valence-corrected chi connectivity index (χ0v) is 16.5. The van der Waals surface area contributed by atoms with Crippen LogP contribution in [-0.4, -0.2) is 41.4 Å². The van der Waals surface area contributed by atoms with E-state index in [0.29, 0.717) is 11.3 Å². The molecule has 1 aromatic carbocycles. The average Bonchev–Trinajstić information content (AvgIpc) is 3.18. The number of rotatable bonds is 3. The first kappa shape index (κ1) is 18.3. The van der Waals surface area contributed by atoms with Gasteiger partial charge in [0.25, 0.3) is 11.6 Å². The zero-order valence-electron chi connectivity index (χ0n) is 16.5. The van der Waals surface area contributed by atoms with E-state index in [2.05, 4.69) is 25.7 Å². The van der Waals surface area contributed by atoms with Crippen molar-refractivity contribution in [2.24, 2.45) is 10.8 Å². The zero-order chi connectivity index (χ0) is 19.4. The minimum Gasteiger partial charge on any atom is -0.366 e. The molecule has 2 atom stereocenters. The Bertz CT molecular complexity index is 785. The molecule has 0 radical (unpaired) electrons. The fraction of sp³-hybridized carbons (Fsp3) is 0.667. The Kier molecular flexibility index (Phi) is 4.20. The second-order valence-corrected chi connectivity index (χ2v) is 9.80. The van der Waals surface area contributed by atoms with Crippen molar-refractivity contribution in [3.63, 3.8) is 0 Å². The number of likely N-dealkylation sites (tertiary alicyclic amines) is 1. The number of hydrogen-bond acceptors (Lipinski definition) is 4. The highest BCUT2D eigenvalue weighted by Crippen LogP contribution is 2.52. The molecule has 4 rings (SSSR count). The standard InChI is InChI=1S/C21H29N3O3/c1-20(2)11-16-12-21(3,13-20)14-23(16)19(25)15-6-7-17(18(10-15)24(26)27)22-8-4-5-9-22/h6-7,10,16H,4-5,8-9,11-14H2,1-3H3/t16-,21-/m1/s1. The Morgan fingerprint density at radius 1 is 1.19 bits per heavy atom. The molecule has 3 fully saturated rings. The Morgan fingerprint density at radius 3 is 2.56 bits per heavy atom. The number of anilines is 1. The molecule has 146 valence electrons. The van der Waals surface area contributed by atoms with E-state index in [4.69, 9.17) is 0 Å². The van der Waals surface area contributed by atoms with Crippen molar-refractivity contribution in [1.29, 1.82) is 0 Å². The molecule has 2 heterocycles. The van der Waals surface area contributed by atoms with E-state index in [1.54, 1.807) is 12.1 Å². The number of fused-ring (bicyclic) bond motifs is 2. The summed E-state index contributed by atoms with van der Waals surface area (Å²) in [5.74, 6) is -0.0579. The van der Waals surface area contributed by atoms with Crippen molar-refractivity contribution >= 4 is 17.3 Å². The third-order valence-electron chi connectivity index (χ3n) is 6.54. The molecule has 27 heavy (non-hydrogen) atoms. The van der Waals surface area contributed by atoms with Crippen molar-refractivity contribution in [1.82, 2.24) is 4.90 Å². The van der Waals surface area contributed by atoms with Crippen molar-refractivity contribution in [2.45, 2.75) is 58.9 Å². The summed E-state index contributed by atoms with van der Waals surface area (Å²) in [5.41, 5.74) is 1.53. The van der Waals surface area contributed by atoms with E-state index >= 15 is 0 Å². The molecule has 0 unspecified atom stereocenters. The third kappa shape index (κ3) is 3.30. The van der Waals surface area contributed by atoms with Gasteiger partial charge in [0.05, 0.1) is 4.92 Å². The van der Waals surface area contributed by atoms with Gasteiger partial charge in [-0.05, 0) is 55.1 Å². The SMILES string of the molecule is CC1(C)C[C@@H]2C[C@@](C)(CN2C(=O)c2ccc(N3CCCC3)c([N+](=O)[O-])c2)C1. The summed E-state index contributed by atoms with van der Waals surface area (Å²) in [4.78, 5) is 28.6. The Morgan fingerprint density at radius 2 is 1.89 bits per heavy atom. The Balaban J connectivity index is 1.63. The summed E-state index contributed by atoms with van der Waals surface area (Å²) in [7, 11) is 0. The van der Waals surface area contributed by atoms with Crippen LogP contribution in [0.4, 0.5) is 11.4 Å². The van der Waals surface area contributed by atoms with E-state index in [9.17, 15) is 14.9 Å². The molecule has 3 aliphatic rings. The maximum Gasteiger partial charge on any atom is 0.293 e. The van der Waals surface area contributed by atoms with Crippen LogP contribution in [-0.2, 0) is 0 Å². The van der Waals surface area contributed by atoms with Gasteiger partial charge in [0.1, 0.15) is 5.69 Å². The normalized spacial score (nSPS) is 29.2. The molecule has 0 spiro atoms. The topological polar surface area (TPSA) is 66.7 Å². The lowest BCUT2D eigenvalue weighted by Gasteiger charge is -2.39. The maximum atomic E-state index is 13.2. The molecule has 1 amide bonds. The molecular weight excluding hydrogens is 342 g/mol. The van der Waals surface area contributed by atoms with Crippen molar-refractivity contribution < 1.29 is 9.72 Å². The first-order chi connectivity index (χ1) is 12.7. The predicted octanol–water partition coefficient (Wildman–Crippen LogP) is 4.24. The highest BCUT2D eigenvalue weighted by atomic mass is 16.6. The quantitative estimate of drug-likeness (QED) is 0.589. The molecule has 6 heteroatoms. The molecular formula is C21H29N3O3. The highest BCUT2D eigenvalue weighted by molar-refractivity contribution is 5.96. The summed E-state index contributed by atoms with van der Waals surface area (Å²) in [5, 5.41) is 11.6. The lowest BCUT2D eigenvalue weighted by Crippen LogP contribution is -2.37. The maximum absolute atomic E-state index is 13.2. The van der Waals surface area contributed by atoms with E-state index in [-0.39, 0.29) is 33.4 Å². The van der Waals surface area contributed by atoms with Crippen molar-refractivity contribution in [3.05, 3.63) is 33.9 Å². The van der Waals surface area contributed by atoms with Crippen LogP contribution in [0.3, 0.4) is 0 Å². The molecule has 1 aliphatic carbocycles. The van der Waals surface area contributed by atoms with Gasteiger partial charge in [0.15, 0.2) is 0 Å². The van der Waals surface area contributed by atoms with Gasteiger partial charge in [-0.1, -0.05) is 20.8 Å². The minimum absolute atomic E-state index is 0.0523. The van der Waals surface area contributed by atoms with Gasteiger partial charge < -0.3 is 9.80 Å². The predicted molar refractivity (Wildman–Crippen MR) is 105 cm³/mol. The van der Waals surface area contributed by atoms with Crippen LogP contribution < -0.4 is 4.90 Å². The Hall–Kier alpha value is -2.11. The fourth-order valence-electron chi connectivity index (χ4n) is 5.89. The summed E-state index contributed by atoms with van der Waals surface area (Å²) in [6.07, 6.45) is 5.27. The minimum atomic E-state index is -0.350. The first-order valence-corrected chi connectivity index (χ1v) is 10.0. The molecule has 2 bridgehead atoms. The van der Waals surface area contributed by atoms with E-state index in [0.717, 1.165) is 51.7 Å². The van der Waals surface area contributed by atoms with Crippen LogP contribution in [0.1, 0.15) is 63.2 Å². The summed E-state index contributed by atoms with van der Waals surface area (Å²) in [6.45, 7) is 9.27. The molecule has 0 aromatic heterocycles. The molecule has 0 N–H and O–H groups in total. The number of nitro groups is 1. The van der Waals surface area contributed by atoms with E-state index in [1.165, 1.54) is 6.07 Å². The monoisotopic (exact) mass is 371 g/mol. The van der Waals surface area contributed by atoms with Crippen LogP contribution in [0, 0.1) is 20.9 Å². The largest absolute Gasteiger partial charge is 0.366 e. The number of carbonyl (C=O) groups excluding carboxylic acids is 1. The van der Waals surface area contributed by atoms with Gasteiger partial charge in [-0.3, -0.25) is 14.9 Å². The van der Waals surface area contributed by atoms with Crippen LogP contribution in [0.15, 0.2) is 18.2 Å².